The first-order valence-electron chi connectivity index (χ1n) is 10.2. The van der Waals surface area contributed by atoms with E-state index in [-0.39, 0.29) is 41.5 Å². The van der Waals surface area contributed by atoms with E-state index in [1.807, 2.05) is 0 Å². The van der Waals surface area contributed by atoms with Crippen LogP contribution < -0.4 is 4.74 Å². The normalized spacial score (nSPS) is 24.7. The third-order valence-electron chi connectivity index (χ3n) is 6.21. The Morgan fingerprint density at radius 3 is 2.56 bits per heavy atom. The number of ether oxygens (including phenoxy) is 1. The van der Waals surface area contributed by atoms with Gasteiger partial charge in [-0.25, -0.2) is 9.97 Å². The lowest BCUT2D eigenvalue weighted by molar-refractivity contribution is -0.137. The predicted molar refractivity (Wildman–Crippen MR) is 105 cm³/mol. The van der Waals surface area contributed by atoms with E-state index in [9.17, 15) is 18.0 Å². The quantitative estimate of drug-likeness (QED) is 0.615. The van der Waals surface area contributed by atoms with Crippen molar-refractivity contribution in [3.8, 4) is 11.6 Å². The minimum atomic E-state index is -4.46. The minimum Gasteiger partial charge on any atom is -0.472 e. The fraction of sp³-hybridized carbons (Fsp3) is 0.381. The second kappa shape index (κ2) is 7.57. The molecular formula is C21H19F3N6O2. The maximum absolute atomic E-state index is 13.4. The highest BCUT2D eigenvalue weighted by molar-refractivity contribution is 5.96. The molecule has 0 spiro atoms. The molecule has 1 saturated heterocycles. The van der Waals surface area contributed by atoms with Gasteiger partial charge in [-0.05, 0) is 36.5 Å². The fourth-order valence-electron chi connectivity index (χ4n) is 4.68. The molecule has 32 heavy (non-hydrogen) atoms. The number of piperidine rings is 1. The summed E-state index contributed by atoms with van der Waals surface area (Å²) in [5, 5.41) is 8.19. The molecule has 1 aliphatic carbocycles. The smallest absolute Gasteiger partial charge is 0.417 e. The maximum Gasteiger partial charge on any atom is 0.417 e. The van der Waals surface area contributed by atoms with E-state index in [0.717, 1.165) is 12.3 Å². The van der Waals surface area contributed by atoms with E-state index in [2.05, 4.69) is 27.1 Å². The molecule has 2 fully saturated rings. The topological polar surface area (TPSA) is 86.0 Å². The molecule has 3 aromatic heterocycles. The summed E-state index contributed by atoms with van der Waals surface area (Å²) in [6.07, 6.45) is 1.20. The molecule has 0 N–H and O–H groups in total. The van der Waals surface area contributed by atoms with Crippen LogP contribution in [0.3, 0.4) is 0 Å². The van der Waals surface area contributed by atoms with Gasteiger partial charge in [0.2, 0.25) is 5.88 Å². The number of amides is 1. The van der Waals surface area contributed by atoms with E-state index in [1.165, 1.54) is 29.5 Å². The molecule has 1 amide bonds. The van der Waals surface area contributed by atoms with Crippen molar-refractivity contribution in [1.82, 2.24) is 29.9 Å². The molecule has 8 nitrogen and oxygen atoms in total. The SMILES string of the molecule is C[C@H]1C2CC(Oc3ccc(C(F)(F)F)cn3)C1N(C(=O)c1ncccc1-n1nccn1)C2. The third-order valence-corrected chi connectivity index (χ3v) is 6.21. The lowest BCUT2D eigenvalue weighted by Gasteiger charge is -2.33. The summed E-state index contributed by atoms with van der Waals surface area (Å²) in [4.78, 5) is 24.6. The van der Waals surface area contributed by atoms with Crippen LogP contribution >= 0.6 is 0 Å². The second-order valence-electron chi connectivity index (χ2n) is 8.03. The molecule has 4 heterocycles. The number of carbonyl (C=O) groups excluding carboxylic acids is 1. The molecule has 1 saturated carbocycles. The zero-order valence-corrected chi connectivity index (χ0v) is 17.0. The Morgan fingerprint density at radius 2 is 1.91 bits per heavy atom. The molecule has 3 aromatic rings. The van der Waals surface area contributed by atoms with Crippen LogP contribution in [0.1, 0.15) is 29.4 Å². The van der Waals surface area contributed by atoms with Crippen LogP contribution in [0, 0.1) is 11.8 Å². The summed E-state index contributed by atoms with van der Waals surface area (Å²) in [5.41, 5.74) is -0.132. The van der Waals surface area contributed by atoms with Gasteiger partial charge in [0.15, 0.2) is 5.69 Å². The Kier molecular flexibility index (Phi) is 4.83. The zero-order chi connectivity index (χ0) is 22.5. The Balaban J connectivity index is 1.38. The lowest BCUT2D eigenvalue weighted by Crippen LogP contribution is -2.48. The Hall–Kier alpha value is -3.50. The van der Waals surface area contributed by atoms with Crippen molar-refractivity contribution in [2.45, 2.75) is 31.7 Å². The van der Waals surface area contributed by atoms with E-state index in [0.29, 0.717) is 18.7 Å². The lowest BCUT2D eigenvalue weighted by atomic mass is 10.0. The number of halogens is 3. The average molecular weight is 444 g/mol. The molecule has 2 aliphatic rings. The minimum absolute atomic E-state index is 0.106. The largest absolute Gasteiger partial charge is 0.472 e. The number of alkyl halides is 3. The van der Waals surface area contributed by atoms with Crippen LogP contribution in [-0.4, -0.2) is 54.5 Å². The van der Waals surface area contributed by atoms with Crippen LogP contribution in [-0.2, 0) is 6.18 Å². The van der Waals surface area contributed by atoms with Crippen molar-refractivity contribution in [1.29, 1.82) is 0 Å². The number of hydrogen-bond acceptors (Lipinski definition) is 6. The monoisotopic (exact) mass is 444 g/mol. The van der Waals surface area contributed by atoms with Gasteiger partial charge in [-0.3, -0.25) is 4.79 Å². The number of pyridine rings is 2. The van der Waals surface area contributed by atoms with Crippen molar-refractivity contribution in [3.63, 3.8) is 0 Å². The van der Waals surface area contributed by atoms with E-state index >= 15 is 0 Å². The zero-order valence-electron chi connectivity index (χ0n) is 17.0. The molecule has 2 bridgehead atoms. The molecule has 0 radical (unpaired) electrons. The Morgan fingerprint density at radius 1 is 1.12 bits per heavy atom. The van der Waals surface area contributed by atoms with E-state index in [4.69, 9.17) is 4.74 Å². The van der Waals surface area contributed by atoms with Crippen molar-refractivity contribution < 1.29 is 22.7 Å². The second-order valence-corrected chi connectivity index (χ2v) is 8.03. The van der Waals surface area contributed by atoms with Crippen molar-refractivity contribution in [2.75, 3.05) is 6.54 Å². The van der Waals surface area contributed by atoms with Gasteiger partial charge in [-0.2, -0.15) is 23.4 Å². The summed E-state index contributed by atoms with van der Waals surface area (Å²) < 4.78 is 44.3. The number of aromatic nitrogens is 5. The first-order chi connectivity index (χ1) is 15.3. The Bertz CT molecular complexity index is 1120. The van der Waals surface area contributed by atoms with E-state index in [1.54, 1.807) is 17.0 Å². The van der Waals surface area contributed by atoms with Crippen LogP contribution in [0.5, 0.6) is 5.88 Å². The highest BCUT2D eigenvalue weighted by atomic mass is 19.4. The number of rotatable bonds is 4. The molecule has 1 aliphatic heterocycles. The molecular weight excluding hydrogens is 425 g/mol. The maximum atomic E-state index is 13.4. The third kappa shape index (κ3) is 3.47. The van der Waals surface area contributed by atoms with Gasteiger partial charge in [0.05, 0.1) is 24.0 Å². The molecule has 0 aromatic carbocycles. The predicted octanol–water partition coefficient (Wildman–Crippen LogP) is 3.00. The standard InChI is InChI=1S/C21H19F3N6O2/c1-12-13-9-16(32-17-5-4-14(10-26-17)21(22,23)24)19(12)29(11-13)20(31)18-15(3-2-6-25-18)30-27-7-8-28-30/h2-8,10,12-13,16,19H,9,11H2,1H3/t12-,13?,16?,19?/m0/s1. The Labute approximate surface area is 181 Å². The van der Waals surface area contributed by atoms with Crippen molar-refractivity contribution in [3.05, 3.63) is 60.3 Å². The molecule has 11 heteroatoms. The van der Waals surface area contributed by atoms with Gasteiger partial charge in [-0.1, -0.05) is 6.92 Å². The average Bonchev–Trinajstić information content (AvgIpc) is 3.49. The van der Waals surface area contributed by atoms with Gasteiger partial charge >= 0.3 is 6.18 Å². The van der Waals surface area contributed by atoms with Crippen molar-refractivity contribution in [2.24, 2.45) is 11.8 Å². The van der Waals surface area contributed by atoms with Crippen LogP contribution in [0.25, 0.3) is 5.69 Å². The number of carbonyl (C=O) groups is 1. The summed E-state index contributed by atoms with van der Waals surface area (Å²) in [6.45, 7) is 2.62. The molecule has 5 rings (SSSR count). The van der Waals surface area contributed by atoms with Gasteiger partial charge in [0, 0.05) is 25.0 Å². The fourth-order valence-corrected chi connectivity index (χ4v) is 4.68. The van der Waals surface area contributed by atoms with E-state index < -0.39 is 11.7 Å². The van der Waals surface area contributed by atoms with Gasteiger partial charge < -0.3 is 9.64 Å². The first kappa shape index (κ1) is 20.4. The number of nitrogens with zero attached hydrogens (tertiary/aromatic N) is 6. The number of likely N-dealkylation sites (tertiary alicyclic amines) is 1. The summed E-state index contributed by atoms with van der Waals surface area (Å²) in [5.74, 6) is 0.243. The highest BCUT2D eigenvalue weighted by Gasteiger charge is 2.54. The summed E-state index contributed by atoms with van der Waals surface area (Å²) >= 11 is 0. The first-order valence-corrected chi connectivity index (χ1v) is 10.2. The number of fused-ring (bicyclic) bond motifs is 2. The van der Waals surface area contributed by atoms with Crippen LogP contribution in [0.2, 0.25) is 0 Å². The molecule has 4 atom stereocenters. The van der Waals surface area contributed by atoms with Crippen LogP contribution in [0.4, 0.5) is 13.2 Å². The van der Waals surface area contributed by atoms with Gasteiger partial charge in [0.1, 0.15) is 11.8 Å². The molecule has 3 unspecified atom stereocenters. The highest BCUT2D eigenvalue weighted by Crippen LogP contribution is 2.44. The molecule has 166 valence electrons. The number of hydrogen-bond donors (Lipinski definition) is 0. The summed E-state index contributed by atoms with van der Waals surface area (Å²) in [7, 11) is 0. The van der Waals surface area contributed by atoms with Gasteiger partial charge in [0.25, 0.3) is 5.91 Å². The van der Waals surface area contributed by atoms with Gasteiger partial charge in [-0.15, -0.1) is 4.80 Å². The summed E-state index contributed by atoms with van der Waals surface area (Å²) in [6, 6.07) is 5.34. The van der Waals surface area contributed by atoms with Crippen LogP contribution in [0.15, 0.2) is 49.1 Å². The van der Waals surface area contributed by atoms with Crippen molar-refractivity contribution >= 4 is 5.91 Å².